The molecular weight excluding hydrogens is 241 g/mol. The van der Waals surface area contributed by atoms with Gasteiger partial charge < -0.3 is 14.9 Å². The lowest BCUT2D eigenvalue weighted by atomic mass is 10.1. The zero-order chi connectivity index (χ0) is 13.0. The number of aliphatic hydroxyl groups excluding tert-OH is 1. The van der Waals surface area contributed by atoms with Crippen molar-refractivity contribution in [1.82, 2.24) is 0 Å². The fraction of sp³-hybridized carbons (Fsp3) is 0.300. The van der Waals surface area contributed by atoms with E-state index >= 15 is 0 Å². The first-order valence-electron chi connectivity index (χ1n) is 4.57. The van der Waals surface area contributed by atoms with Crippen LogP contribution in [0.5, 0.6) is 0 Å². The third-order valence-electron chi connectivity index (χ3n) is 1.91. The number of aliphatic carboxylic acids is 1. The van der Waals surface area contributed by atoms with Crippen molar-refractivity contribution >= 4 is 5.97 Å². The second-order valence-corrected chi connectivity index (χ2v) is 3.11. The van der Waals surface area contributed by atoms with E-state index in [0.29, 0.717) is 12.1 Å². The van der Waals surface area contributed by atoms with E-state index in [0.717, 1.165) is 0 Å². The molecule has 7 heteroatoms. The van der Waals surface area contributed by atoms with Crippen molar-refractivity contribution in [3.63, 3.8) is 0 Å². The number of halogens is 3. The van der Waals surface area contributed by atoms with Gasteiger partial charge in [-0.05, 0) is 17.7 Å². The summed E-state index contributed by atoms with van der Waals surface area (Å²) in [5, 5.41) is 17.2. The molecule has 0 aliphatic rings. The van der Waals surface area contributed by atoms with Crippen LogP contribution < -0.4 is 0 Å². The van der Waals surface area contributed by atoms with Crippen molar-refractivity contribution in [3.05, 3.63) is 35.1 Å². The monoisotopic (exact) mass is 250 g/mol. The number of benzene rings is 1. The average Bonchev–Trinajstić information content (AvgIpc) is 2.25. The number of carboxylic acids is 1. The summed E-state index contributed by atoms with van der Waals surface area (Å²) in [6, 6.07) is 1.07. The number of hydrogen-bond donors (Lipinski definition) is 2. The van der Waals surface area contributed by atoms with Gasteiger partial charge in [-0.3, -0.25) is 0 Å². The molecule has 0 amide bonds. The molecule has 1 aromatic rings. The molecule has 0 aromatic heterocycles. The first kappa shape index (κ1) is 13.5. The Morgan fingerprint density at radius 2 is 1.82 bits per heavy atom. The standard InChI is InChI=1S/C10H9F3O4/c11-6-3-5(4-7(12)8(6)13)9(10(15)16)17-2-1-14/h3-4,9,14H,1-2H2,(H,15,16). The number of carbonyl (C=O) groups is 1. The van der Waals surface area contributed by atoms with Gasteiger partial charge in [-0.15, -0.1) is 0 Å². The van der Waals surface area contributed by atoms with Gasteiger partial charge >= 0.3 is 5.97 Å². The van der Waals surface area contributed by atoms with Gasteiger partial charge in [0, 0.05) is 0 Å². The molecule has 0 radical (unpaired) electrons. The van der Waals surface area contributed by atoms with Crippen LogP contribution in [-0.4, -0.2) is 29.4 Å². The number of hydrogen-bond acceptors (Lipinski definition) is 3. The highest BCUT2D eigenvalue weighted by Crippen LogP contribution is 2.22. The third kappa shape index (κ3) is 3.18. The second kappa shape index (κ2) is 5.65. The van der Waals surface area contributed by atoms with Crippen LogP contribution >= 0.6 is 0 Å². The molecule has 0 saturated heterocycles. The van der Waals surface area contributed by atoms with Crippen molar-refractivity contribution in [2.24, 2.45) is 0 Å². The van der Waals surface area contributed by atoms with Gasteiger partial charge in [0.2, 0.25) is 0 Å². The molecule has 94 valence electrons. The summed E-state index contributed by atoms with van der Waals surface area (Å²) in [7, 11) is 0. The fourth-order valence-electron chi connectivity index (χ4n) is 1.21. The molecule has 0 aliphatic heterocycles. The highest BCUT2D eigenvalue weighted by atomic mass is 19.2. The number of ether oxygens (including phenoxy) is 1. The molecule has 4 nitrogen and oxygen atoms in total. The largest absolute Gasteiger partial charge is 0.479 e. The van der Waals surface area contributed by atoms with Crippen LogP contribution in [0.1, 0.15) is 11.7 Å². The summed E-state index contributed by atoms with van der Waals surface area (Å²) in [6.07, 6.45) is -1.66. The van der Waals surface area contributed by atoms with Crippen LogP contribution in [0.4, 0.5) is 13.2 Å². The van der Waals surface area contributed by atoms with Crippen molar-refractivity contribution in [1.29, 1.82) is 0 Å². The highest BCUT2D eigenvalue weighted by Gasteiger charge is 2.23. The summed E-state index contributed by atoms with van der Waals surface area (Å²) in [5.74, 6) is -6.18. The van der Waals surface area contributed by atoms with E-state index in [1.165, 1.54) is 0 Å². The summed E-state index contributed by atoms with van der Waals surface area (Å²) in [5.41, 5.74) is -0.373. The molecule has 17 heavy (non-hydrogen) atoms. The number of rotatable bonds is 5. The van der Waals surface area contributed by atoms with Crippen molar-refractivity contribution in [2.75, 3.05) is 13.2 Å². The zero-order valence-electron chi connectivity index (χ0n) is 8.49. The van der Waals surface area contributed by atoms with Crippen LogP contribution in [0.3, 0.4) is 0 Å². The van der Waals surface area contributed by atoms with Crippen LogP contribution in [0.2, 0.25) is 0 Å². The van der Waals surface area contributed by atoms with Gasteiger partial charge in [-0.2, -0.15) is 0 Å². The molecule has 0 saturated carbocycles. The molecule has 1 rings (SSSR count). The Labute approximate surface area is 94.3 Å². The van der Waals surface area contributed by atoms with Crippen molar-refractivity contribution in [2.45, 2.75) is 6.10 Å². The lowest BCUT2D eigenvalue weighted by Gasteiger charge is -2.13. The van der Waals surface area contributed by atoms with Crippen LogP contribution in [0, 0.1) is 17.5 Å². The van der Waals surface area contributed by atoms with E-state index < -0.39 is 36.1 Å². The smallest absolute Gasteiger partial charge is 0.337 e. The van der Waals surface area contributed by atoms with E-state index in [1.807, 2.05) is 0 Å². The van der Waals surface area contributed by atoms with E-state index in [2.05, 4.69) is 4.74 Å². The maximum Gasteiger partial charge on any atom is 0.337 e. The molecule has 0 fully saturated rings. The first-order chi connectivity index (χ1) is 7.97. The molecule has 1 atom stereocenters. The minimum absolute atomic E-state index is 0.322. The van der Waals surface area contributed by atoms with Crippen LogP contribution in [0.15, 0.2) is 12.1 Å². The Hall–Kier alpha value is -1.60. The maximum absolute atomic E-state index is 12.9. The van der Waals surface area contributed by atoms with E-state index in [1.54, 1.807) is 0 Å². The topological polar surface area (TPSA) is 66.8 Å². The molecule has 0 spiro atoms. The van der Waals surface area contributed by atoms with E-state index in [4.69, 9.17) is 10.2 Å². The minimum Gasteiger partial charge on any atom is -0.479 e. The average molecular weight is 250 g/mol. The Morgan fingerprint density at radius 1 is 1.29 bits per heavy atom. The molecule has 1 unspecified atom stereocenters. The Kier molecular flexibility index (Phi) is 4.47. The lowest BCUT2D eigenvalue weighted by Crippen LogP contribution is -2.18. The molecule has 0 aliphatic carbocycles. The SMILES string of the molecule is O=C(O)C(OCCO)c1cc(F)c(F)c(F)c1. The molecule has 1 aromatic carbocycles. The van der Waals surface area contributed by atoms with Gasteiger partial charge in [0.05, 0.1) is 13.2 Å². The predicted molar refractivity (Wildman–Crippen MR) is 49.7 cm³/mol. The lowest BCUT2D eigenvalue weighted by molar-refractivity contribution is -0.151. The van der Waals surface area contributed by atoms with E-state index in [9.17, 15) is 18.0 Å². The normalized spacial score (nSPS) is 12.5. The van der Waals surface area contributed by atoms with Crippen molar-refractivity contribution in [3.8, 4) is 0 Å². The van der Waals surface area contributed by atoms with Crippen LogP contribution in [-0.2, 0) is 9.53 Å². The summed E-state index contributed by atoms with van der Waals surface area (Å²) in [4.78, 5) is 10.8. The van der Waals surface area contributed by atoms with Gasteiger partial charge in [0.15, 0.2) is 23.6 Å². The molecule has 2 N–H and O–H groups in total. The van der Waals surface area contributed by atoms with Crippen molar-refractivity contribution < 1.29 is 32.9 Å². The van der Waals surface area contributed by atoms with Gasteiger partial charge in [0.1, 0.15) is 0 Å². The zero-order valence-corrected chi connectivity index (χ0v) is 8.49. The first-order valence-corrected chi connectivity index (χ1v) is 4.57. The Bertz CT molecular complexity index is 399. The van der Waals surface area contributed by atoms with Gasteiger partial charge in [-0.25, -0.2) is 18.0 Å². The quantitative estimate of drug-likeness (QED) is 0.771. The fourth-order valence-corrected chi connectivity index (χ4v) is 1.21. The minimum atomic E-state index is -1.68. The molecule has 0 heterocycles. The van der Waals surface area contributed by atoms with Gasteiger partial charge in [0.25, 0.3) is 0 Å². The maximum atomic E-state index is 12.9. The van der Waals surface area contributed by atoms with E-state index in [-0.39, 0.29) is 12.2 Å². The summed E-state index contributed by atoms with van der Waals surface area (Å²) >= 11 is 0. The van der Waals surface area contributed by atoms with Gasteiger partial charge in [-0.1, -0.05) is 0 Å². The summed E-state index contributed by atoms with van der Waals surface area (Å²) < 4.78 is 43.1. The molecule has 0 bridgehead atoms. The third-order valence-corrected chi connectivity index (χ3v) is 1.91. The molecular formula is C10H9F3O4. The Balaban J connectivity index is 3.06. The van der Waals surface area contributed by atoms with Crippen LogP contribution in [0.25, 0.3) is 0 Å². The highest BCUT2D eigenvalue weighted by molar-refractivity contribution is 5.74. The predicted octanol–water partition coefficient (Wildman–Crippen LogP) is 1.24. The summed E-state index contributed by atoms with van der Waals surface area (Å²) in [6.45, 7) is -0.770. The number of aliphatic hydroxyl groups is 1. The number of carboxylic acid groups (broad SMARTS) is 1. The Morgan fingerprint density at radius 3 is 2.24 bits per heavy atom. The second-order valence-electron chi connectivity index (χ2n) is 3.11.